The lowest BCUT2D eigenvalue weighted by Crippen LogP contribution is -2.57. The van der Waals surface area contributed by atoms with E-state index in [1.54, 1.807) is 72.8 Å². The van der Waals surface area contributed by atoms with Crippen LogP contribution in [0.5, 0.6) is 11.5 Å². The molecule has 0 unspecified atom stereocenters. The Balaban J connectivity index is 1.55. The molecule has 1 aliphatic rings. The molecule has 1 fully saturated rings. The minimum atomic E-state index is -0.765. The zero-order valence-corrected chi connectivity index (χ0v) is 24.3. The van der Waals surface area contributed by atoms with Crippen LogP contribution in [0.1, 0.15) is 18.1 Å². The van der Waals surface area contributed by atoms with Crippen LogP contribution in [0.2, 0.25) is 5.02 Å². The van der Waals surface area contributed by atoms with E-state index in [0.717, 1.165) is 19.8 Å². The van der Waals surface area contributed by atoms with Gasteiger partial charge in [0.1, 0.15) is 12.2 Å². The lowest BCUT2D eigenvalue weighted by atomic mass is 10.0. The Bertz CT molecular complexity index is 1560. The van der Waals surface area contributed by atoms with Gasteiger partial charge < -0.3 is 9.47 Å². The summed E-state index contributed by atoms with van der Waals surface area (Å²) in [5.74, 6) is -0.798. The first-order valence-corrected chi connectivity index (χ1v) is 13.9. The summed E-state index contributed by atoms with van der Waals surface area (Å²) in [6.45, 7) is 2.42. The maximum Gasteiger partial charge on any atom is 0.343 e. The average Bonchev–Trinajstić information content (AvgIpc) is 2.97. The van der Waals surface area contributed by atoms with Crippen molar-refractivity contribution in [1.82, 2.24) is 0 Å². The van der Waals surface area contributed by atoms with E-state index in [9.17, 15) is 14.4 Å². The van der Waals surface area contributed by atoms with Crippen LogP contribution in [0.25, 0.3) is 6.08 Å². The minimum absolute atomic E-state index is 0.209. The number of para-hydroxylation sites is 2. The molecule has 4 aromatic carbocycles. The third-order valence-corrected chi connectivity index (χ3v) is 7.03. The standard InChI is InChI=1S/C32H24BrClN2O5/c1-2-40-28-19-22(18-27(34)29(28)41-20-21-13-15-23(33)16-14-21)17-26-30(37)35(24-9-5-3-6-10-24)32(39)36(31(26)38)25-11-7-4-8-12-25/h3-19H,2,20H2,1H3. The number of carbonyl (C=O) groups is 3. The number of benzene rings is 4. The Morgan fingerprint density at radius 1 is 0.780 bits per heavy atom. The van der Waals surface area contributed by atoms with Crippen molar-refractivity contribution in [2.75, 3.05) is 16.4 Å². The summed E-state index contributed by atoms with van der Waals surface area (Å²) in [6, 6.07) is 27.1. The van der Waals surface area contributed by atoms with Crippen molar-refractivity contribution in [3.05, 3.63) is 123 Å². The predicted octanol–water partition coefficient (Wildman–Crippen LogP) is 7.66. The molecular formula is C32H24BrClN2O5. The van der Waals surface area contributed by atoms with Crippen molar-refractivity contribution in [1.29, 1.82) is 0 Å². The van der Waals surface area contributed by atoms with Crippen LogP contribution in [-0.4, -0.2) is 24.5 Å². The topological polar surface area (TPSA) is 76.2 Å². The zero-order chi connectivity index (χ0) is 28.9. The van der Waals surface area contributed by atoms with Crippen molar-refractivity contribution >= 4 is 62.8 Å². The molecule has 1 saturated heterocycles. The first-order chi connectivity index (χ1) is 19.9. The van der Waals surface area contributed by atoms with E-state index in [1.807, 2.05) is 31.2 Å². The van der Waals surface area contributed by atoms with Crippen LogP contribution >= 0.6 is 27.5 Å². The number of anilines is 2. The summed E-state index contributed by atoms with van der Waals surface area (Å²) in [7, 11) is 0. The smallest absolute Gasteiger partial charge is 0.343 e. The van der Waals surface area contributed by atoms with Gasteiger partial charge in [0.05, 0.1) is 23.0 Å². The first-order valence-electron chi connectivity index (χ1n) is 12.8. The highest BCUT2D eigenvalue weighted by atomic mass is 79.9. The summed E-state index contributed by atoms with van der Waals surface area (Å²) in [4.78, 5) is 42.8. The number of ether oxygens (including phenoxy) is 2. The van der Waals surface area contributed by atoms with E-state index in [-0.39, 0.29) is 17.2 Å². The van der Waals surface area contributed by atoms with Crippen molar-refractivity contribution < 1.29 is 23.9 Å². The average molecular weight is 632 g/mol. The fourth-order valence-electron chi connectivity index (χ4n) is 4.32. The van der Waals surface area contributed by atoms with Gasteiger partial charge in [-0.2, -0.15) is 0 Å². The molecular weight excluding hydrogens is 608 g/mol. The highest BCUT2D eigenvalue weighted by Crippen LogP contribution is 2.38. The van der Waals surface area contributed by atoms with E-state index in [4.69, 9.17) is 21.1 Å². The number of rotatable bonds is 8. The maximum absolute atomic E-state index is 13.7. The van der Waals surface area contributed by atoms with E-state index in [0.29, 0.717) is 35.0 Å². The molecule has 0 aliphatic carbocycles. The van der Waals surface area contributed by atoms with Crippen LogP contribution in [0.3, 0.4) is 0 Å². The summed E-state index contributed by atoms with van der Waals surface area (Å²) in [5.41, 5.74) is 1.84. The van der Waals surface area contributed by atoms with Gasteiger partial charge in [-0.25, -0.2) is 14.6 Å². The van der Waals surface area contributed by atoms with Crippen LogP contribution in [0.4, 0.5) is 16.2 Å². The number of nitrogens with zero attached hydrogens (tertiary/aromatic N) is 2. The second kappa shape index (κ2) is 12.4. The van der Waals surface area contributed by atoms with Gasteiger partial charge in [0.25, 0.3) is 11.8 Å². The minimum Gasteiger partial charge on any atom is -0.490 e. The lowest BCUT2D eigenvalue weighted by molar-refractivity contribution is -0.121. The first kappa shape index (κ1) is 28.1. The second-order valence-electron chi connectivity index (χ2n) is 8.97. The molecule has 0 saturated carbocycles. The number of amides is 4. The van der Waals surface area contributed by atoms with Gasteiger partial charge >= 0.3 is 6.03 Å². The van der Waals surface area contributed by atoms with Gasteiger partial charge in [-0.15, -0.1) is 0 Å². The van der Waals surface area contributed by atoms with Crippen molar-refractivity contribution in [2.24, 2.45) is 0 Å². The van der Waals surface area contributed by atoms with E-state index in [1.165, 1.54) is 6.08 Å². The van der Waals surface area contributed by atoms with E-state index >= 15 is 0 Å². The highest BCUT2D eigenvalue weighted by molar-refractivity contribution is 9.10. The van der Waals surface area contributed by atoms with Crippen LogP contribution < -0.4 is 19.3 Å². The molecule has 0 radical (unpaired) electrons. The van der Waals surface area contributed by atoms with E-state index < -0.39 is 17.8 Å². The number of halogens is 2. The molecule has 41 heavy (non-hydrogen) atoms. The van der Waals surface area contributed by atoms with Gasteiger partial charge in [0.15, 0.2) is 11.5 Å². The quantitative estimate of drug-likeness (QED) is 0.147. The fourth-order valence-corrected chi connectivity index (χ4v) is 4.85. The Kier molecular flexibility index (Phi) is 8.52. The molecule has 0 atom stereocenters. The summed E-state index contributed by atoms with van der Waals surface area (Å²) in [6.07, 6.45) is 1.41. The van der Waals surface area contributed by atoms with Gasteiger partial charge in [-0.3, -0.25) is 9.59 Å². The second-order valence-corrected chi connectivity index (χ2v) is 10.3. The van der Waals surface area contributed by atoms with Crippen molar-refractivity contribution in [3.8, 4) is 11.5 Å². The normalized spacial score (nSPS) is 13.4. The number of carbonyl (C=O) groups excluding carboxylic acids is 3. The zero-order valence-electron chi connectivity index (χ0n) is 21.9. The monoisotopic (exact) mass is 630 g/mol. The van der Waals surface area contributed by atoms with Gasteiger partial charge in [-0.1, -0.05) is 76.1 Å². The molecule has 0 spiro atoms. The fraction of sp³-hybridized carbons (Fsp3) is 0.0938. The molecule has 5 rings (SSSR count). The molecule has 4 amide bonds. The number of urea groups is 1. The van der Waals surface area contributed by atoms with Crippen LogP contribution in [0.15, 0.2) is 107 Å². The summed E-state index contributed by atoms with van der Waals surface area (Å²) in [5, 5.41) is 0.242. The molecule has 0 aromatic heterocycles. The van der Waals surface area contributed by atoms with Crippen molar-refractivity contribution in [3.63, 3.8) is 0 Å². The Morgan fingerprint density at radius 3 is 1.88 bits per heavy atom. The Hall–Kier alpha value is -4.40. The van der Waals surface area contributed by atoms with Crippen LogP contribution in [0, 0.1) is 0 Å². The lowest BCUT2D eigenvalue weighted by Gasteiger charge is -2.34. The molecule has 0 bridgehead atoms. The number of hydrogen-bond acceptors (Lipinski definition) is 5. The van der Waals surface area contributed by atoms with Crippen molar-refractivity contribution in [2.45, 2.75) is 13.5 Å². The molecule has 0 N–H and O–H groups in total. The third-order valence-electron chi connectivity index (χ3n) is 6.22. The largest absolute Gasteiger partial charge is 0.490 e. The number of hydrogen-bond donors (Lipinski definition) is 0. The highest BCUT2D eigenvalue weighted by Gasteiger charge is 2.43. The predicted molar refractivity (Wildman–Crippen MR) is 162 cm³/mol. The Labute approximate surface area is 250 Å². The number of imide groups is 2. The summed E-state index contributed by atoms with van der Waals surface area (Å²) >= 11 is 10.1. The number of barbiturate groups is 1. The molecule has 206 valence electrons. The maximum atomic E-state index is 13.7. The van der Waals surface area contributed by atoms with E-state index in [2.05, 4.69) is 15.9 Å². The molecule has 9 heteroatoms. The Morgan fingerprint density at radius 2 is 1.34 bits per heavy atom. The van der Waals surface area contributed by atoms with Crippen LogP contribution in [-0.2, 0) is 16.2 Å². The third kappa shape index (κ3) is 6.04. The summed E-state index contributed by atoms with van der Waals surface area (Å²) < 4.78 is 12.8. The van der Waals surface area contributed by atoms with Gasteiger partial charge in [0.2, 0.25) is 0 Å². The van der Waals surface area contributed by atoms with Gasteiger partial charge in [-0.05, 0) is 72.7 Å². The molecule has 7 nitrogen and oxygen atoms in total. The molecule has 1 aliphatic heterocycles. The molecule has 1 heterocycles. The van der Waals surface area contributed by atoms with Gasteiger partial charge in [0, 0.05) is 4.47 Å². The molecule has 4 aromatic rings. The SMILES string of the molecule is CCOc1cc(C=C2C(=O)N(c3ccccc3)C(=O)N(c3ccccc3)C2=O)cc(Cl)c1OCc1ccc(Br)cc1.